The lowest BCUT2D eigenvalue weighted by atomic mass is 9.90. The Morgan fingerprint density at radius 2 is 1.63 bits per heavy atom. The van der Waals surface area contributed by atoms with Crippen molar-refractivity contribution in [2.45, 2.75) is 80.6 Å². The van der Waals surface area contributed by atoms with E-state index in [0.717, 1.165) is 91.4 Å². The molecule has 0 radical (unpaired) electrons. The molecule has 244 valence electrons. The van der Waals surface area contributed by atoms with Gasteiger partial charge in [-0.2, -0.15) is 0 Å². The van der Waals surface area contributed by atoms with Crippen LogP contribution in [0.15, 0.2) is 117 Å². The number of carbonyl (C=O) groups excluding carboxylic acids is 1. The lowest BCUT2D eigenvalue weighted by Gasteiger charge is -2.16. The minimum Gasteiger partial charge on any atom is -0.502 e. The Kier molecular flexibility index (Phi) is 14.0. The quantitative estimate of drug-likeness (QED) is 0.202. The molecule has 0 fully saturated rings. The first-order valence-corrected chi connectivity index (χ1v) is 15.7. The van der Waals surface area contributed by atoms with Crippen molar-refractivity contribution in [2.75, 3.05) is 7.11 Å². The number of Topliss-reactive ketones (excluding diaryl/α,β-unsaturated/α-hetero) is 1. The first-order chi connectivity index (χ1) is 21.7. The lowest BCUT2D eigenvalue weighted by Crippen LogP contribution is -2.07. The predicted octanol–water partition coefficient (Wildman–Crippen LogP) is 10.6. The van der Waals surface area contributed by atoms with Crippen molar-refractivity contribution in [2.24, 2.45) is 10.7 Å². The number of ether oxygens (including phenoxy) is 1. The van der Waals surface area contributed by atoms with Gasteiger partial charge in [-0.3, -0.25) is 4.99 Å². The van der Waals surface area contributed by atoms with Gasteiger partial charge in [0.15, 0.2) is 0 Å². The van der Waals surface area contributed by atoms with Gasteiger partial charge in [0.05, 0.1) is 18.6 Å². The second-order valence-electron chi connectivity index (χ2n) is 11.9. The average molecular weight is 620 g/mol. The number of aromatic nitrogens is 1. The van der Waals surface area contributed by atoms with Crippen LogP contribution in [0, 0.1) is 6.92 Å². The van der Waals surface area contributed by atoms with Crippen LogP contribution < -0.4 is 5.73 Å². The molecule has 0 amide bonds. The Balaban J connectivity index is 3.04. The SMILES string of the molecule is C=CC1=C(C)/C(C)=C/C/C(CCC(=C)OC)=C(C)\C(N=C)=C\c2[nH]c(c(C)c2C=C)/C=C(N)/C(CCC(C)=O)=C(/C)C(=C)\C=C\1C. The van der Waals surface area contributed by atoms with Crippen molar-refractivity contribution in [3.05, 3.63) is 134 Å². The maximum atomic E-state index is 12.0. The maximum absolute atomic E-state index is 12.0. The molecule has 0 spiro atoms. The number of aliphatic imine (C=N–C) groups is 1. The van der Waals surface area contributed by atoms with E-state index in [1.807, 2.05) is 38.2 Å². The number of nitrogens with zero attached hydrogens (tertiary/aromatic N) is 1. The molecule has 46 heavy (non-hydrogen) atoms. The number of carbonyl (C=O) groups is 1. The summed E-state index contributed by atoms with van der Waals surface area (Å²) in [5, 5.41) is 0. The summed E-state index contributed by atoms with van der Waals surface area (Å²) < 4.78 is 5.39. The molecule has 1 aromatic heterocycles. The van der Waals surface area contributed by atoms with Crippen LogP contribution in [0.25, 0.3) is 18.2 Å². The molecule has 3 N–H and O–H groups in total. The van der Waals surface area contributed by atoms with Crippen molar-refractivity contribution in [1.29, 1.82) is 0 Å². The molecule has 5 heteroatoms. The molecule has 2 rings (SSSR count). The average Bonchev–Trinajstić information content (AvgIpc) is 3.31. The number of nitrogens with one attached hydrogen (secondary N) is 1. The molecule has 2 bridgehead atoms. The molecule has 1 aliphatic rings. The Hall–Kier alpha value is -4.64. The minimum absolute atomic E-state index is 0.104. The molecule has 2 heterocycles. The van der Waals surface area contributed by atoms with Crippen molar-refractivity contribution >= 4 is 30.7 Å². The summed E-state index contributed by atoms with van der Waals surface area (Å²) in [4.78, 5) is 20.1. The highest BCUT2D eigenvalue weighted by Gasteiger charge is 2.16. The number of ketones is 1. The van der Waals surface area contributed by atoms with E-state index in [1.165, 1.54) is 5.57 Å². The van der Waals surface area contributed by atoms with Gasteiger partial charge in [0.1, 0.15) is 5.78 Å². The van der Waals surface area contributed by atoms with Gasteiger partial charge in [-0.15, -0.1) is 0 Å². The third kappa shape index (κ3) is 9.43. The minimum atomic E-state index is 0.104. The number of methoxy groups -OCH3 is 1. The number of hydrogen-bond donors (Lipinski definition) is 2. The highest BCUT2D eigenvalue weighted by atomic mass is 16.5. The number of fused-ring (bicyclic) bond motifs is 2. The topological polar surface area (TPSA) is 80.5 Å². The number of H-pyrrole nitrogens is 1. The second kappa shape index (κ2) is 17.2. The van der Waals surface area contributed by atoms with E-state index in [2.05, 4.69) is 82.9 Å². The second-order valence-corrected chi connectivity index (χ2v) is 11.9. The molecule has 0 aliphatic carbocycles. The van der Waals surface area contributed by atoms with Crippen LogP contribution in [0.5, 0.6) is 0 Å². The third-order valence-corrected chi connectivity index (χ3v) is 8.91. The van der Waals surface area contributed by atoms with Crippen LogP contribution in [0.4, 0.5) is 0 Å². The van der Waals surface area contributed by atoms with Crippen molar-refractivity contribution < 1.29 is 9.53 Å². The fraction of sp³-hybridized carbons (Fsp3) is 0.317. The van der Waals surface area contributed by atoms with Gasteiger partial charge in [0.2, 0.25) is 0 Å². The van der Waals surface area contributed by atoms with Gasteiger partial charge in [0, 0.05) is 35.5 Å². The monoisotopic (exact) mass is 619 g/mol. The van der Waals surface area contributed by atoms with E-state index in [0.29, 0.717) is 25.0 Å². The lowest BCUT2D eigenvalue weighted by molar-refractivity contribution is -0.116. The van der Waals surface area contributed by atoms with Crippen molar-refractivity contribution in [1.82, 2.24) is 4.98 Å². The van der Waals surface area contributed by atoms with Crippen molar-refractivity contribution in [3.8, 4) is 0 Å². The van der Waals surface area contributed by atoms with Crippen LogP contribution in [0.2, 0.25) is 0 Å². The van der Waals surface area contributed by atoms with E-state index in [1.54, 1.807) is 14.0 Å². The Labute approximate surface area is 277 Å². The molecular formula is C41H53N3O2. The van der Waals surface area contributed by atoms with Gasteiger partial charge in [-0.05, 0) is 131 Å². The van der Waals surface area contributed by atoms with Crippen LogP contribution in [0.3, 0.4) is 0 Å². The summed E-state index contributed by atoms with van der Waals surface area (Å²) in [5.74, 6) is 0.834. The first kappa shape index (κ1) is 37.5. The largest absolute Gasteiger partial charge is 0.502 e. The normalized spacial score (nSPS) is 24.8. The van der Waals surface area contributed by atoms with Gasteiger partial charge in [0.25, 0.3) is 0 Å². The predicted molar refractivity (Wildman–Crippen MR) is 200 cm³/mol. The van der Waals surface area contributed by atoms with E-state index >= 15 is 0 Å². The summed E-state index contributed by atoms with van der Waals surface area (Å²) in [6, 6.07) is 0. The maximum Gasteiger partial charge on any atom is 0.130 e. The van der Waals surface area contributed by atoms with Gasteiger partial charge in [-0.25, -0.2) is 0 Å². The first-order valence-electron chi connectivity index (χ1n) is 15.7. The summed E-state index contributed by atoms with van der Waals surface area (Å²) in [7, 11) is 1.65. The highest BCUT2D eigenvalue weighted by Crippen LogP contribution is 2.32. The fourth-order valence-electron chi connectivity index (χ4n) is 5.58. The zero-order chi connectivity index (χ0) is 34.7. The smallest absolute Gasteiger partial charge is 0.130 e. The molecule has 0 saturated carbocycles. The zero-order valence-corrected chi connectivity index (χ0v) is 29.4. The molecule has 0 saturated heterocycles. The van der Waals surface area contributed by atoms with E-state index in [9.17, 15) is 4.79 Å². The van der Waals surface area contributed by atoms with E-state index in [-0.39, 0.29) is 5.78 Å². The van der Waals surface area contributed by atoms with Crippen molar-refractivity contribution in [3.63, 3.8) is 0 Å². The Bertz CT molecular complexity index is 1650. The Morgan fingerprint density at radius 1 is 0.957 bits per heavy atom. The fourth-order valence-corrected chi connectivity index (χ4v) is 5.58. The summed E-state index contributed by atoms with van der Waals surface area (Å²) in [6.45, 7) is 34.7. The summed E-state index contributed by atoms with van der Waals surface area (Å²) in [5.41, 5.74) is 21.1. The molecule has 1 aromatic rings. The number of rotatable bonds is 10. The number of allylic oxidation sites excluding steroid dienone is 13. The number of aromatic amines is 1. The third-order valence-electron chi connectivity index (χ3n) is 8.91. The van der Waals surface area contributed by atoms with Crippen LogP contribution in [0.1, 0.15) is 96.2 Å². The van der Waals surface area contributed by atoms with E-state index in [4.69, 9.17) is 10.5 Å². The summed E-state index contributed by atoms with van der Waals surface area (Å²) in [6.07, 6.45) is 15.1. The molecule has 0 atom stereocenters. The Morgan fingerprint density at radius 3 is 2.20 bits per heavy atom. The van der Waals surface area contributed by atoms with Crippen LogP contribution in [-0.2, 0) is 9.53 Å². The summed E-state index contributed by atoms with van der Waals surface area (Å²) >= 11 is 0. The molecule has 0 aromatic carbocycles. The van der Waals surface area contributed by atoms with Crippen LogP contribution in [-0.4, -0.2) is 24.6 Å². The number of hydrogen-bond acceptors (Lipinski definition) is 4. The molecule has 0 unspecified atom stereocenters. The van der Waals surface area contributed by atoms with Gasteiger partial charge >= 0.3 is 0 Å². The molecule has 5 nitrogen and oxygen atoms in total. The van der Waals surface area contributed by atoms with Crippen LogP contribution >= 0.6 is 0 Å². The van der Waals surface area contributed by atoms with Gasteiger partial charge < -0.3 is 20.2 Å². The molecular weight excluding hydrogens is 566 g/mol. The van der Waals surface area contributed by atoms with Gasteiger partial charge in [-0.1, -0.05) is 61.8 Å². The molecule has 1 aliphatic heterocycles. The highest BCUT2D eigenvalue weighted by molar-refractivity contribution is 5.77. The zero-order valence-electron chi connectivity index (χ0n) is 29.4. The number of nitrogens with two attached hydrogens (primary N) is 1. The van der Waals surface area contributed by atoms with E-state index < -0.39 is 0 Å². The standard InChI is InChI=1S/C41H53N3O2/c1-14-35-27(5)22-26(4)31(9)37(21-17-28(6)45)38(42)23-40-33(11)36(15-2)41(44-40)24-39(43-12)32(10)34(20-18-29(7)46-13)19-16-25(3)30(35)8/h14-16,22-24,44H,1-2,4,7,12,17-21,42H2,3,5-6,8-11,13H3/b25-16+,27-22+,34-32+,35-30-,37-31-,38-23-,39-24-.